The molecule has 1 heterocycles. The van der Waals surface area contributed by atoms with E-state index in [0.29, 0.717) is 18.9 Å². The van der Waals surface area contributed by atoms with Gasteiger partial charge in [0.25, 0.3) is 0 Å². The minimum absolute atomic E-state index is 0.0889. The molecule has 0 saturated heterocycles. The van der Waals surface area contributed by atoms with Gasteiger partial charge in [-0.1, -0.05) is 66.7 Å². The third-order valence-electron chi connectivity index (χ3n) is 4.53. The van der Waals surface area contributed by atoms with Gasteiger partial charge in [-0.15, -0.1) is 10.2 Å². The maximum atomic E-state index is 12.6. The van der Waals surface area contributed by atoms with Gasteiger partial charge in [-0.2, -0.15) is 0 Å². The van der Waals surface area contributed by atoms with Crippen molar-refractivity contribution in [2.45, 2.75) is 32.0 Å². The van der Waals surface area contributed by atoms with Gasteiger partial charge in [-0.05, 0) is 25.0 Å². The lowest BCUT2D eigenvalue weighted by Crippen LogP contribution is -2.09. The highest BCUT2D eigenvalue weighted by atomic mass is 32.2. The number of hydrogen-bond donors (Lipinski definition) is 0. The van der Waals surface area contributed by atoms with Crippen LogP contribution in [0.4, 0.5) is 0 Å². The molecule has 0 spiro atoms. The normalized spacial score (nSPS) is 11.0. The maximum Gasteiger partial charge on any atom is 0.192 e. The van der Waals surface area contributed by atoms with E-state index in [1.54, 1.807) is 7.11 Å². The monoisotopic (exact) mass is 395 g/mol. The Morgan fingerprint density at radius 1 is 1.14 bits per heavy atom. The second-order valence-corrected chi connectivity index (χ2v) is 7.52. The highest BCUT2D eigenvalue weighted by Gasteiger charge is 2.16. The topological polar surface area (TPSA) is 57.0 Å². The number of aromatic nitrogens is 3. The van der Waals surface area contributed by atoms with Crippen LogP contribution in [-0.4, -0.2) is 40.0 Å². The van der Waals surface area contributed by atoms with Crippen molar-refractivity contribution >= 4 is 17.5 Å². The molecule has 0 aliphatic carbocycles. The van der Waals surface area contributed by atoms with Crippen LogP contribution in [0.3, 0.4) is 0 Å². The van der Waals surface area contributed by atoms with Crippen molar-refractivity contribution in [1.82, 2.24) is 14.8 Å². The summed E-state index contributed by atoms with van der Waals surface area (Å²) in [5.74, 6) is 1.21. The predicted molar refractivity (Wildman–Crippen MR) is 113 cm³/mol. The van der Waals surface area contributed by atoms with Gasteiger partial charge in [0.2, 0.25) is 0 Å². The first kappa shape index (κ1) is 20.3. The number of carbonyl (C=O) groups is 1. The van der Waals surface area contributed by atoms with E-state index in [1.165, 1.54) is 22.9 Å². The molecule has 0 N–H and O–H groups in total. The van der Waals surface area contributed by atoms with Gasteiger partial charge in [0.15, 0.2) is 16.8 Å². The summed E-state index contributed by atoms with van der Waals surface area (Å²) < 4.78 is 7.27. The molecule has 146 valence electrons. The molecule has 6 heteroatoms. The Morgan fingerprint density at radius 2 is 1.93 bits per heavy atom. The lowest BCUT2D eigenvalue weighted by Gasteiger charge is -2.10. The fourth-order valence-electron chi connectivity index (χ4n) is 2.92. The number of rotatable bonds is 9. The molecule has 0 saturated carbocycles. The van der Waals surface area contributed by atoms with Crippen molar-refractivity contribution in [3.63, 3.8) is 0 Å². The van der Waals surface area contributed by atoms with Gasteiger partial charge >= 0.3 is 0 Å². The molecule has 1 aromatic heterocycles. The van der Waals surface area contributed by atoms with Crippen molar-refractivity contribution in [1.29, 1.82) is 0 Å². The van der Waals surface area contributed by atoms with Crippen LogP contribution in [0.25, 0.3) is 11.4 Å². The number of methoxy groups -OCH3 is 1. The average Bonchev–Trinajstić information content (AvgIpc) is 3.13. The first-order chi connectivity index (χ1) is 13.6. The molecule has 0 aliphatic rings. The quantitative estimate of drug-likeness (QED) is 0.396. The lowest BCUT2D eigenvalue weighted by molar-refractivity contribution is 0.102. The first-order valence-corrected chi connectivity index (χ1v) is 10.3. The van der Waals surface area contributed by atoms with Crippen molar-refractivity contribution in [2.24, 2.45) is 0 Å². The molecule has 0 fully saturated rings. The minimum Gasteiger partial charge on any atom is -0.383 e. The summed E-state index contributed by atoms with van der Waals surface area (Å²) in [6.07, 6.45) is 0.966. The fourth-order valence-corrected chi connectivity index (χ4v) is 3.78. The number of carbonyl (C=O) groups excluding carboxylic acids is 1. The zero-order valence-electron chi connectivity index (χ0n) is 16.5. The van der Waals surface area contributed by atoms with Crippen molar-refractivity contribution in [3.05, 3.63) is 65.2 Å². The Balaban J connectivity index is 1.78. The summed E-state index contributed by atoms with van der Waals surface area (Å²) in [4.78, 5) is 12.6. The summed E-state index contributed by atoms with van der Waals surface area (Å²) in [5, 5.41) is 9.44. The molecule has 0 aliphatic heterocycles. The molecule has 0 radical (unpaired) electrons. The van der Waals surface area contributed by atoms with Gasteiger partial charge in [-0.25, -0.2) is 0 Å². The van der Waals surface area contributed by atoms with Gasteiger partial charge in [0.1, 0.15) is 0 Å². The van der Waals surface area contributed by atoms with Crippen LogP contribution in [0.5, 0.6) is 0 Å². The standard InChI is InChI=1S/C22H25N3O2S/c1-4-17-8-10-18(11-9-17)20(26)15-28-22-24-23-21(25(22)12-13-27-3)19-7-5-6-16(2)14-19/h5-11,14H,4,12-13,15H2,1-3H3. The van der Waals surface area contributed by atoms with Gasteiger partial charge in [0.05, 0.1) is 18.9 Å². The predicted octanol–water partition coefficient (Wildman–Crippen LogP) is 4.44. The molecule has 3 rings (SSSR count). The van der Waals surface area contributed by atoms with E-state index in [9.17, 15) is 4.79 Å². The molecule has 3 aromatic rings. The van der Waals surface area contributed by atoms with Crippen LogP contribution in [0.15, 0.2) is 53.7 Å². The van der Waals surface area contributed by atoms with E-state index in [1.807, 2.05) is 41.0 Å². The van der Waals surface area contributed by atoms with Crippen LogP contribution >= 0.6 is 11.8 Å². The third-order valence-corrected chi connectivity index (χ3v) is 5.50. The minimum atomic E-state index is 0.0889. The van der Waals surface area contributed by atoms with Crippen LogP contribution in [0.2, 0.25) is 0 Å². The van der Waals surface area contributed by atoms with E-state index in [0.717, 1.165) is 28.5 Å². The number of aryl methyl sites for hydroxylation is 2. The zero-order chi connectivity index (χ0) is 19.9. The average molecular weight is 396 g/mol. The molecule has 0 unspecified atom stereocenters. The largest absolute Gasteiger partial charge is 0.383 e. The van der Waals surface area contributed by atoms with E-state index in [2.05, 4.69) is 36.2 Å². The summed E-state index contributed by atoms with van der Waals surface area (Å²) in [6, 6.07) is 16.0. The molecular formula is C22H25N3O2S. The van der Waals surface area contributed by atoms with E-state index in [-0.39, 0.29) is 5.78 Å². The molecule has 28 heavy (non-hydrogen) atoms. The fraction of sp³-hybridized carbons (Fsp3) is 0.318. The van der Waals surface area contributed by atoms with Gasteiger partial charge in [0, 0.05) is 18.2 Å². The smallest absolute Gasteiger partial charge is 0.192 e. The molecule has 0 atom stereocenters. The molecule has 0 bridgehead atoms. The SMILES string of the molecule is CCc1ccc(C(=O)CSc2nnc(-c3cccc(C)c3)n2CCOC)cc1. The van der Waals surface area contributed by atoms with Crippen LogP contribution in [-0.2, 0) is 17.7 Å². The Kier molecular flexibility index (Phi) is 7.01. The highest BCUT2D eigenvalue weighted by molar-refractivity contribution is 7.99. The second kappa shape index (κ2) is 9.66. The number of thioether (sulfide) groups is 1. The number of hydrogen-bond acceptors (Lipinski definition) is 5. The summed E-state index contributed by atoms with van der Waals surface area (Å²) in [5.41, 5.74) is 4.13. The molecule has 0 amide bonds. The number of ether oxygens (including phenoxy) is 1. The zero-order valence-corrected chi connectivity index (χ0v) is 17.3. The highest BCUT2D eigenvalue weighted by Crippen LogP contribution is 2.25. The Bertz CT molecular complexity index is 935. The number of ketones is 1. The molecular weight excluding hydrogens is 370 g/mol. The summed E-state index contributed by atoms with van der Waals surface area (Å²) in [7, 11) is 1.67. The van der Waals surface area contributed by atoms with Gasteiger partial charge in [-0.3, -0.25) is 9.36 Å². The van der Waals surface area contributed by atoms with Crippen molar-refractivity contribution in [2.75, 3.05) is 19.5 Å². The lowest BCUT2D eigenvalue weighted by atomic mass is 10.1. The molecule has 5 nitrogen and oxygen atoms in total. The van der Waals surface area contributed by atoms with Crippen LogP contribution in [0.1, 0.15) is 28.4 Å². The Labute approximate surface area is 170 Å². The number of benzene rings is 2. The number of nitrogens with zero attached hydrogens (tertiary/aromatic N) is 3. The van der Waals surface area contributed by atoms with Crippen LogP contribution in [0, 0.1) is 6.92 Å². The third kappa shape index (κ3) is 4.88. The Hall–Kier alpha value is -2.44. The molecule has 2 aromatic carbocycles. The summed E-state index contributed by atoms with van der Waals surface area (Å²) >= 11 is 1.41. The first-order valence-electron chi connectivity index (χ1n) is 9.36. The van der Waals surface area contributed by atoms with Gasteiger partial charge < -0.3 is 4.74 Å². The number of Topliss-reactive ketones (excluding diaryl/α,β-unsaturated/α-hetero) is 1. The van der Waals surface area contributed by atoms with Crippen LogP contribution < -0.4 is 0 Å². The maximum absolute atomic E-state index is 12.6. The van der Waals surface area contributed by atoms with E-state index in [4.69, 9.17) is 4.74 Å². The van der Waals surface area contributed by atoms with Crippen molar-refractivity contribution in [3.8, 4) is 11.4 Å². The van der Waals surface area contributed by atoms with E-state index >= 15 is 0 Å². The second-order valence-electron chi connectivity index (χ2n) is 6.58. The van der Waals surface area contributed by atoms with Crippen molar-refractivity contribution < 1.29 is 9.53 Å². The van der Waals surface area contributed by atoms with E-state index < -0.39 is 0 Å². The Morgan fingerprint density at radius 3 is 2.61 bits per heavy atom. The summed E-state index contributed by atoms with van der Waals surface area (Å²) in [6.45, 7) is 5.34.